The molecular weight excluding hydrogens is 112 g/mol. The van der Waals surface area contributed by atoms with Gasteiger partial charge >= 0.3 is 0 Å². The first-order valence-corrected chi connectivity index (χ1v) is 3.52. The summed E-state index contributed by atoms with van der Waals surface area (Å²) in [6.07, 6.45) is 0. The molecule has 0 aromatic rings. The minimum Gasteiger partial charge on any atom is -0.299 e. The highest BCUT2D eigenvalue weighted by atomic mass is 16.1. The molecule has 0 amide bonds. The van der Waals surface area contributed by atoms with Crippen LogP contribution in [0.25, 0.3) is 0 Å². The SMILES string of the molecule is C[C@@H]1C(=O)C(C)(C)[C@@H]1C. The van der Waals surface area contributed by atoms with Gasteiger partial charge in [-0.25, -0.2) is 0 Å². The first-order valence-electron chi connectivity index (χ1n) is 3.52. The number of rotatable bonds is 0. The molecule has 0 aromatic carbocycles. The van der Waals surface area contributed by atoms with Crippen molar-refractivity contribution >= 4 is 5.78 Å². The molecule has 0 aliphatic heterocycles. The highest BCUT2D eigenvalue weighted by molar-refractivity contribution is 5.92. The van der Waals surface area contributed by atoms with E-state index in [1.165, 1.54) is 0 Å². The molecule has 1 aliphatic rings. The van der Waals surface area contributed by atoms with Gasteiger partial charge in [0.25, 0.3) is 0 Å². The van der Waals surface area contributed by atoms with Crippen molar-refractivity contribution in [3.63, 3.8) is 0 Å². The number of carbonyl (C=O) groups excluding carboxylic acids is 1. The highest BCUT2D eigenvalue weighted by Gasteiger charge is 2.50. The summed E-state index contributed by atoms with van der Waals surface area (Å²) in [5.41, 5.74) is -0.0284. The lowest BCUT2D eigenvalue weighted by Crippen LogP contribution is -2.51. The van der Waals surface area contributed by atoms with Gasteiger partial charge in [-0.2, -0.15) is 0 Å². The average molecular weight is 126 g/mol. The molecule has 0 spiro atoms. The molecule has 52 valence electrons. The second kappa shape index (κ2) is 1.59. The molecule has 1 saturated carbocycles. The van der Waals surface area contributed by atoms with E-state index < -0.39 is 0 Å². The van der Waals surface area contributed by atoms with Crippen molar-refractivity contribution < 1.29 is 4.79 Å². The van der Waals surface area contributed by atoms with Crippen LogP contribution in [-0.4, -0.2) is 5.78 Å². The summed E-state index contributed by atoms with van der Waals surface area (Å²) in [5, 5.41) is 0. The summed E-state index contributed by atoms with van der Waals surface area (Å²) in [7, 11) is 0. The molecule has 0 aromatic heterocycles. The van der Waals surface area contributed by atoms with E-state index in [9.17, 15) is 4.79 Å². The van der Waals surface area contributed by atoms with Crippen LogP contribution >= 0.6 is 0 Å². The van der Waals surface area contributed by atoms with E-state index in [4.69, 9.17) is 0 Å². The normalized spacial score (nSPS) is 40.2. The number of carbonyl (C=O) groups is 1. The zero-order chi connectivity index (χ0) is 7.23. The predicted molar refractivity (Wildman–Crippen MR) is 37.1 cm³/mol. The zero-order valence-electron chi connectivity index (χ0n) is 6.56. The van der Waals surface area contributed by atoms with Crippen molar-refractivity contribution in [3.8, 4) is 0 Å². The van der Waals surface area contributed by atoms with Crippen LogP contribution in [-0.2, 0) is 4.79 Å². The van der Waals surface area contributed by atoms with Gasteiger partial charge in [0, 0.05) is 11.3 Å². The fraction of sp³-hybridized carbons (Fsp3) is 0.875. The van der Waals surface area contributed by atoms with E-state index in [2.05, 4.69) is 6.92 Å². The first-order chi connectivity index (χ1) is 3.98. The van der Waals surface area contributed by atoms with E-state index in [-0.39, 0.29) is 5.41 Å². The third-order valence-corrected chi connectivity index (χ3v) is 2.94. The van der Waals surface area contributed by atoms with Crippen molar-refractivity contribution in [2.75, 3.05) is 0 Å². The monoisotopic (exact) mass is 126 g/mol. The summed E-state index contributed by atoms with van der Waals surface area (Å²) >= 11 is 0. The fourth-order valence-corrected chi connectivity index (χ4v) is 1.57. The van der Waals surface area contributed by atoms with E-state index in [1.807, 2.05) is 20.8 Å². The molecular formula is C8H14O. The number of hydrogen-bond donors (Lipinski definition) is 0. The quantitative estimate of drug-likeness (QED) is 0.484. The number of hydrogen-bond acceptors (Lipinski definition) is 1. The van der Waals surface area contributed by atoms with Crippen molar-refractivity contribution in [2.45, 2.75) is 27.7 Å². The smallest absolute Gasteiger partial charge is 0.141 e. The molecule has 2 atom stereocenters. The van der Waals surface area contributed by atoms with Crippen LogP contribution in [0.5, 0.6) is 0 Å². The van der Waals surface area contributed by atoms with Crippen LogP contribution in [0.2, 0.25) is 0 Å². The van der Waals surface area contributed by atoms with Gasteiger partial charge in [-0.3, -0.25) is 4.79 Å². The van der Waals surface area contributed by atoms with Crippen LogP contribution in [0.4, 0.5) is 0 Å². The predicted octanol–water partition coefficient (Wildman–Crippen LogP) is 1.87. The van der Waals surface area contributed by atoms with E-state index in [1.54, 1.807) is 0 Å². The Morgan fingerprint density at radius 1 is 1.33 bits per heavy atom. The third-order valence-electron chi connectivity index (χ3n) is 2.94. The Morgan fingerprint density at radius 3 is 1.89 bits per heavy atom. The van der Waals surface area contributed by atoms with Crippen LogP contribution in [0.3, 0.4) is 0 Å². The Kier molecular flexibility index (Phi) is 1.20. The molecule has 0 unspecified atom stereocenters. The van der Waals surface area contributed by atoms with Crippen LogP contribution in [0.15, 0.2) is 0 Å². The number of Topliss-reactive ketones (excluding diaryl/α,β-unsaturated/α-hetero) is 1. The van der Waals surface area contributed by atoms with Gasteiger partial charge in [-0.1, -0.05) is 27.7 Å². The second-order valence-corrected chi connectivity index (χ2v) is 3.66. The molecule has 1 nitrogen and oxygen atoms in total. The van der Waals surface area contributed by atoms with Gasteiger partial charge in [0.05, 0.1) is 0 Å². The number of ketones is 1. The molecule has 0 bridgehead atoms. The van der Waals surface area contributed by atoms with Gasteiger partial charge < -0.3 is 0 Å². The van der Waals surface area contributed by atoms with Gasteiger partial charge in [0.15, 0.2) is 0 Å². The summed E-state index contributed by atoms with van der Waals surface area (Å²) in [4.78, 5) is 11.1. The molecule has 0 N–H and O–H groups in total. The van der Waals surface area contributed by atoms with Gasteiger partial charge in [-0.05, 0) is 5.92 Å². The van der Waals surface area contributed by atoms with Gasteiger partial charge in [-0.15, -0.1) is 0 Å². The lowest BCUT2D eigenvalue weighted by atomic mass is 9.56. The second-order valence-electron chi connectivity index (χ2n) is 3.66. The Balaban J connectivity index is 2.73. The minimum atomic E-state index is -0.0284. The molecule has 0 saturated heterocycles. The van der Waals surface area contributed by atoms with Gasteiger partial charge in [0.1, 0.15) is 5.78 Å². The van der Waals surface area contributed by atoms with Crippen molar-refractivity contribution in [1.82, 2.24) is 0 Å². The van der Waals surface area contributed by atoms with Crippen molar-refractivity contribution in [1.29, 1.82) is 0 Å². The molecule has 0 radical (unpaired) electrons. The fourth-order valence-electron chi connectivity index (χ4n) is 1.57. The third kappa shape index (κ3) is 0.637. The molecule has 0 heterocycles. The maximum atomic E-state index is 11.1. The van der Waals surface area contributed by atoms with Gasteiger partial charge in [0.2, 0.25) is 0 Å². The average Bonchev–Trinajstić information content (AvgIpc) is 1.84. The standard InChI is InChI=1S/C8H14O/c1-5-6(2)8(3,4)7(5)9/h5-6H,1-4H3/t5-,6+/m0/s1. The highest BCUT2D eigenvalue weighted by Crippen LogP contribution is 2.46. The van der Waals surface area contributed by atoms with Crippen LogP contribution in [0.1, 0.15) is 27.7 Å². The maximum absolute atomic E-state index is 11.1. The summed E-state index contributed by atoms with van der Waals surface area (Å²) < 4.78 is 0. The van der Waals surface area contributed by atoms with E-state index >= 15 is 0 Å². The largest absolute Gasteiger partial charge is 0.299 e. The Bertz CT molecular complexity index is 147. The molecule has 1 aliphatic carbocycles. The van der Waals surface area contributed by atoms with Crippen molar-refractivity contribution in [3.05, 3.63) is 0 Å². The summed E-state index contributed by atoms with van der Waals surface area (Å²) in [6, 6.07) is 0. The topological polar surface area (TPSA) is 17.1 Å². The Labute approximate surface area is 56.4 Å². The van der Waals surface area contributed by atoms with Crippen LogP contribution < -0.4 is 0 Å². The summed E-state index contributed by atoms with van der Waals surface area (Å²) in [6.45, 7) is 8.21. The lowest BCUT2D eigenvalue weighted by molar-refractivity contribution is -0.150. The lowest BCUT2D eigenvalue weighted by Gasteiger charge is -2.46. The molecule has 1 rings (SSSR count). The Hall–Kier alpha value is -0.330. The Morgan fingerprint density at radius 2 is 1.78 bits per heavy atom. The molecule has 1 heteroatoms. The molecule has 1 fully saturated rings. The van der Waals surface area contributed by atoms with E-state index in [0.29, 0.717) is 17.6 Å². The maximum Gasteiger partial charge on any atom is 0.141 e. The summed E-state index contributed by atoms with van der Waals surface area (Å²) in [5.74, 6) is 1.31. The minimum absolute atomic E-state index is 0.0284. The van der Waals surface area contributed by atoms with Crippen LogP contribution in [0, 0.1) is 17.3 Å². The molecule has 9 heavy (non-hydrogen) atoms. The van der Waals surface area contributed by atoms with E-state index in [0.717, 1.165) is 0 Å². The van der Waals surface area contributed by atoms with Crippen molar-refractivity contribution in [2.24, 2.45) is 17.3 Å². The first kappa shape index (κ1) is 6.79. The zero-order valence-corrected chi connectivity index (χ0v) is 6.56.